The lowest BCUT2D eigenvalue weighted by Gasteiger charge is -2.37. The van der Waals surface area contributed by atoms with Crippen LogP contribution >= 0.6 is 0 Å². The number of hydrogen-bond acceptors (Lipinski definition) is 7. The zero-order valence-electron chi connectivity index (χ0n) is 24.0. The number of benzene rings is 3. The Bertz CT molecular complexity index is 1570. The maximum atomic E-state index is 14.0. The molecule has 224 valence electrons. The van der Waals surface area contributed by atoms with Crippen molar-refractivity contribution in [3.8, 4) is 0 Å². The molecular weight excluding hydrogens is 574 g/mol. The molecule has 0 N–H and O–H groups in total. The fourth-order valence-electron chi connectivity index (χ4n) is 5.51. The predicted molar refractivity (Wildman–Crippen MR) is 161 cm³/mol. The van der Waals surface area contributed by atoms with Gasteiger partial charge in [0.1, 0.15) is 0 Å². The number of carbonyl (C=O) groups is 1. The fourth-order valence-corrected chi connectivity index (χ4v) is 9.39. The van der Waals surface area contributed by atoms with Crippen LogP contribution in [0.15, 0.2) is 82.6 Å². The van der Waals surface area contributed by atoms with Gasteiger partial charge in [0.05, 0.1) is 15.5 Å². The summed E-state index contributed by atoms with van der Waals surface area (Å²) in [5.41, 5.74) is 2.23. The number of piperazine rings is 1. The second kappa shape index (κ2) is 12.5. The molecular formula is C31H37N3O6S2. The molecule has 0 radical (unpaired) electrons. The van der Waals surface area contributed by atoms with Crippen LogP contribution in [0, 0.1) is 19.8 Å². The molecule has 9 nitrogen and oxygen atoms in total. The van der Waals surface area contributed by atoms with E-state index >= 15 is 0 Å². The number of rotatable bonds is 8. The standard InChI is InChI=1S/C31H37N3O6S2/c1-24-6-3-10-29(20-24)41(36,37)34(42(38,39)30-11-4-7-25(2)21-30)28-9-5-8-26(22-28)23-32-14-16-33(17-15-32)31(35)27-12-18-40-19-13-27/h3-11,20-22,27H,12-19,23H2,1-2H3. The quantitative estimate of drug-likeness (QED) is 0.380. The summed E-state index contributed by atoms with van der Waals surface area (Å²) in [4.78, 5) is 16.8. The van der Waals surface area contributed by atoms with Crippen molar-refractivity contribution in [2.45, 2.75) is 43.0 Å². The summed E-state index contributed by atoms with van der Waals surface area (Å²) in [7, 11) is -8.99. The fraction of sp³-hybridized carbons (Fsp3) is 0.387. The van der Waals surface area contributed by atoms with Crippen molar-refractivity contribution in [2.24, 2.45) is 5.92 Å². The molecule has 0 aliphatic carbocycles. The van der Waals surface area contributed by atoms with Crippen LogP contribution in [0.5, 0.6) is 0 Å². The number of hydrogen-bond donors (Lipinski definition) is 0. The van der Waals surface area contributed by atoms with Gasteiger partial charge in [-0.15, -0.1) is 0 Å². The molecule has 0 spiro atoms. The second-order valence-corrected chi connectivity index (χ2v) is 14.8. The van der Waals surface area contributed by atoms with Gasteiger partial charge in [0.25, 0.3) is 20.0 Å². The highest BCUT2D eigenvalue weighted by Crippen LogP contribution is 2.32. The lowest BCUT2D eigenvalue weighted by molar-refractivity contribution is -0.140. The molecule has 0 atom stereocenters. The Kier molecular flexibility index (Phi) is 9.03. The summed E-state index contributed by atoms with van der Waals surface area (Å²) >= 11 is 0. The molecule has 0 unspecified atom stereocenters. The highest BCUT2D eigenvalue weighted by atomic mass is 32.3. The molecule has 0 saturated carbocycles. The van der Waals surface area contributed by atoms with Crippen molar-refractivity contribution < 1.29 is 26.4 Å². The Morgan fingerprint density at radius 1 is 0.786 bits per heavy atom. The molecule has 3 aromatic rings. The number of amides is 1. The first-order valence-electron chi connectivity index (χ1n) is 14.2. The highest BCUT2D eigenvalue weighted by molar-refractivity contribution is 8.10. The van der Waals surface area contributed by atoms with Gasteiger partial charge in [0, 0.05) is 51.9 Å². The Balaban J connectivity index is 1.41. The first kappa shape index (κ1) is 30.2. The first-order valence-corrected chi connectivity index (χ1v) is 17.1. The van der Waals surface area contributed by atoms with E-state index in [1.165, 1.54) is 30.3 Å². The topological polar surface area (TPSA) is 104 Å². The number of sulfonamides is 2. The SMILES string of the molecule is Cc1cccc(S(=O)(=O)N(c2cccc(CN3CCN(C(=O)C4CCOCC4)CC3)c2)S(=O)(=O)c2cccc(C)c2)c1. The summed E-state index contributed by atoms with van der Waals surface area (Å²) in [5.74, 6) is 0.219. The molecule has 2 heterocycles. The monoisotopic (exact) mass is 611 g/mol. The summed E-state index contributed by atoms with van der Waals surface area (Å²) < 4.78 is 62.0. The minimum absolute atomic E-state index is 0.0265. The first-order chi connectivity index (χ1) is 20.1. The van der Waals surface area contributed by atoms with Crippen LogP contribution in [-0.2, 0) is 36.1 Å². The van der Waals surface area contributed by atoms with Gasteiger partial charge >= 0.3 is 0 Å². The largest absolute Gasteiger partial charge is 0.381 e. The van der Waals surface area contributed by atoms with Gasteiger partial charge < -0.3 is 9.64 Å². The van der Waals surface area contributed by atoms with Gasteiger partial charge in [0.2, 0.25) is 5.91 Å². The third-order valence-corrected chi connectivity index (χ3v) is 12.0. The smallest absolute Gasteiger partial charge is 0.277 e. The summed E-state index contributed by atoms with van der Waals surface area (Å²) in [5, 5.41) is 0. The number of nitrogens with zero attached hydrogens (tertiary/aromatic N) is 3. The van der Waals surface area contributed by atoms with E-state index in [2.05, 4.69) is 4.90 Å². The van der Waals surface area contributed by atoms with Crippen molar-refractivity contribution >= 4 is 31.6 Å². The third-order valence-electron chi connectivity index (χ3n) is 7.79. The summed E-state index contributed by atoms with van der Waals surface area (Å²) in [6, 6.07) is 19.2. The van der Waals surface area contributed by atoms with Gasteiger partial charge in [-0.25, -0.2) is 16.8 Å². The molecule has 11 heteroatoms. The normalized spacial score (nSPS) is 17.2. The molecule has 1 amide bonds. The van der Waals surface area contributed by atoms with Crippen molar-refractivity contribution in [3.63, 3.8) is 0 Å². The Morgan fingerprint density at radius 3 is 1.88 bits per heavy atom. The van der Waals surface area contributed by atoms with Crippen molar-refractivity contribution in [2.75, 3.05) is 43.1 Å². The van der Waals surface area contributed by atoms with Crippen LogP contribution in [0.3, 0.4) is 0 Å². The van der Waals surface area contributed by atoms with E-state index in [1.807, 2.05) is 11.0 Å². The van der Waals surface area contributed by atoms with E-state index in [0.717, 1.165) is 18.4 Å². The van der Waals surface area contributed by atoms with Crippen molar-refractivity contribution in [3.05, 3.63) is 89.5 Å². The van der Waals surface area contributed by atoms with E-state index in [9.17, 15) is 21.6 Å². The van der Waals surface area contributed by atoms with Crippen LogP contribution in [0.25, 0.3) is 0 Å². The maximum absolute atomic E-state index is 14.0. The van der Waals surface area contributed by atoms with Crippen LogP contribution < -0.4 is 3.71 Å². The average Bonchev–Trinajstić information content (AvgIpc) is 2.98. The van der Waals surface area contributed by atoms with E-state index < -0.39 is 20.0 Å². The lowest BCUT2D eigenvalue weighted by atomic mass is 9.98. The molecule has 2 aliphatic rings. The van der Waals surface area contributed by atoms with Crippen molar-refractivity contribution in [1.82, 2.24) is 9.80 Å². The molecule has 5 rings (SSSR count). The molecule has 2 aliphatic heterocycles. The molecule has 0 bridgehead atoms. The predicted octanol–water partition coefficient (Wildman–Crippen LogP) is 3.96. The van der Waals surface area contributed by atoms with E-state index in [-0.39, 0.29) is 27.3 Å². The highest BCUT2D eigenvalue weighted by Gasteiger charge is 2.37. The number of aryl methyl sites for hydroxylation is 2. The van der Waals surface area contributed by atoms with E-state index in [4.69, 9.17) is 4.74 Å². The Labute approximate surface area is 248 Å². The molecule has 3 aromatic carbocycles. The van der Waals surface area contributed by atoms with Gasteiger partial charge in [-0.3, -0.25) is 9.69 Å². The van der Waals surface area contributed by atoms with Gasteiger partial charge in [-0.2, -0.15) is 3.71 Å². The minimum Gasteiger partial charge on any atom is -0.381 e. The van der Waals surface area contributed by atoms with E-state index in [0.29, 0.717) is 60.8 Å². The molecule has 42 heavy (non-hydrogen) atoms. The molecule has 2 fully saturated rings. The Hall–Kier alpha value is -3.25. The molecule has 2 saturated heterocycles. The zero-order chi connectivity index (χ0) is 29.9. The van der Waals surface area contributed by atoms with Gasteiger partial charge in [0.15, 0.2) is 0 Å². The zero-order valence-corrected chi connectivity index (χ0v) is 25.6. The van der Waals surface area contributed by atoms with Crippen LogP contribution in [0.1, 0.15) is 29.5 Å². The van der Waals surface area contributed by atoms with Crippen LogP contribution in [-0.4, -0.2) is 71.9 Å². The number of ether oxygens (including phenoxy) is 1. The maximum Gasteiger partial charge on any atom is 0.277 e. The van der Waals surface area contributed by atoms with Crippen LogP contribution in [0.4, 0.5) is 5.69 Å². The minimum atomic E-state index is -4.49. The third kappa shape index (κ3) is 6.54. The van der Waals surface area contributed by atoms with E-state index in [1.54, 1.807) is 50.2 Å². The second-order valence-electron chi connectivity index (χ2n) is 11.0. The summed E-state index contributed by atoms with van der Waals surface area (Å²) in [6.07, 6.45) is 1.53. The van der Waals surface area contributed by atoms with Crippen molar-refractivity contribution in [1.29, 1.82) is 0 Å². The van der Waals surface area contributed by atoms with Crippen LogP contribution in [0.2, 0.25) is 0 Å². The Morgan fingerprint density at radius 2 is 1.33 bits per heavy atom. The number of anilines is 1. The summed E-state index contributed by atoms with van der Waals surface area (Å²) in [6.45, 7) is 7.85. The number of carbonyl (C=O) groups excluding carboxylic acids is 1. The molecule has 0 aromatic heterocycles. The van der Waals surface area contributed by atoms with Gasteiger partial charge in [-0.05, 0) is 79.8 Å². The van der Waals surface area contributed by atoms with Gasteiger partial charge in [-0.1, -0.05) is 36.4 Å². The average molecular weight is 612 g/mol. The lowest BCUT2D eigenvalue weighted by Crippen LogP contribution is -2.50.